The van der Waals surface area contributed by atoms with E-state index in [-0.39, 0.29) is 28.3 Å². The Balaban J connectivity index is 2.42. The van der Waals surface area contributed by atoms with Crippen LogP contribution < -0.4 is 16.4 Å². The second-order valence-electron chi connectivity index (χ2n) is 6.12. The fraction of sp³-hybridized carbons (Fsp3) is 0.312. The number of pyridine rings is 1. The molecule has 12 heteroatoms. The Bertz CT molecular complexity index is 1150. The normalized spacial score (nSPS) is 12.0. The highest BCUT2D eigenvalue weighted by molar-refractivity contribution is 7.90. The van der Waals surface area contributed by atoms with Gasteiger partial charge in [-0.2, -0.15) is 8.42 Å². The van der Waals surface area contributed by atoms with Gasteiger partial charge in [0.05, 0.1) is 10.6 Å². The van der Waals surface area contributed by atoms with Crippen LogP contribution in [0.1, 0.15) is 18.1 Å². The number of rotatable bonds is 7. The zero-order valence-corrected chi connectivity index (χ0v) is 17.1. The van der Waals surface area contributed by atoms with E-state index < -0.39 is 37.1 Å². The van der Waals surface area contributed by atoms with Crippen LogP contribution in [0.3, 0.4) is 0 Å². The molecular weight excluding hydrogens is 410 g/mol. The van der Waals surface area contributed by atoms with Gasteiger partial charge in [0, 0.05) is 18.4 Å². The maximum atomic E-state index is 12.4. The highest BCUT2D eigenvalue weighted by Crippen LogP contribution is 2.28. The van der Waals surface area contributed by atoms with Gasteiger partial charge in [0.1, 0.15) is 11.4 Å². The molecular formula is C16H21N3O7S2. The van der Waals surface area contributed by atoms with Crippen LogP contribution in [0.15, 0.2) is 34.0 Å². The number of hydrazine groups is 1. The number of hydrogen-bond acceptors (Lipinski definition) is 8. The summed E-state index contributed by atoms with van der Waals surface area (Å²) in [5, 5.41) is 10.4. The van der Waals surface area contributed by atoms with Crippen LogP contribution in [0.4, 0.5) is 11.4 Å². The van der Waals surface area contributed by atoms with E-state index in [9.17, 15) is 26.7 Å². The molecule has 0 saturated carbocycles. The lowest BCUT2D eigenvalue weighted by molar-refractivity contribution is 0.412. The van der Waals surface area contributed by atoms with E-state index in [2.05, 4.69) is 10.9 Å². The minimum atomic E-state index is -4.46. The fourth-order valence-electron chi connectivity index (χ4n) is 2.59. The molecule has 154 valence electrons. The Morgan fingerprint density at radius 2 is 1.64 bits per heavy atom. The van der Waals surface area contributed by atoms with Crippen LogP contribution in [0, 0.1) is 6.92 Å². The van der Waals surface area contributed by atoms with Crippen molar-refractivity contribution in [2.45, 2.75) is 31.0 Å². The standard InChI is InChI=1S/C16H21N3O7S2/c1-4-19-15(20)13(9-28(24,25)26)10(2)14(16(19)21)18-17-11-5-7-12(8-6-11)27(3,22)23/h5-8,17-18,21H,4,9H2,1-3H3,(H,24,25,26). The first-order chi connectivity index (χ1) is 12.8. The van der Waals surface area contributed by atoms with E-state index in [1.807, 2.05) is 0 Å². The minimum absolute atomic E-state index is 0.0484. The summed E-state index contributed by atoms with van der Waals surface area (Å²) in [4.78, 5) is 12.5. The van der Waals surface area contributed by atoms with Crippen molar-refractivity contribution in [3.8, 4) is 5.88 Å². The van der Waals surface area contributed by atoms with E-state index in [1.54, 1.807) is 6.92 Å². The second-order valence-corrected chi connectivity index (χ2v) is 9.59. The minimum Gasteiger partial charge on any atom is -0.493 e. The average molecular weight is 431 g/mol. The van der Waals surface area contributed by atoms with E-state index in [0.29, 0.717) is 5.69 Å². The number of aromatic hydroxyl groups is 1. The number of hydrogen-bond donors (Lipinski definition) is 4. The fourth-order valence-corrected chi connectivity index (χ4v) is 3.92. The molecule has 0 aliphatic heterocycles. The van der Waals surface area contributed by atoms with Gasteiger partial charge in [0.25, 0.3) is 15.7 Å². The van der Waals surface area contributed by atoms with Gasteiger partial charge in [-0.05, 0) is 43.7 Å². The number of aromatic nitrogens is 1. The summed E-state index contributed by atoms with van der Waals surface area (Å²) in [7, 11) is -7.81. The smallest absolute Gasteiger partial charge is 0.269 e. The van der Waals surface area contributed by atoms with Gasteiger partial charge in [-0.15, -0.1) is 0 Å². The van der Waals surface area contributed by atoms with Crippen LogP contribution in [0.2, 0.25) is 0 Å². The first-order valence-electron chi connectivity index (χ1n) is 8.07. The van der Waals surface area contributed by atoms with Crippen molar-refractivity contribution >= 4 is 31.3 Å². The van der Waals surface area contributed by atoms with Gasteiger partial charge >= 0.3 is 0 Å². The highest BCUT2D eigenvalue weighted by Gasteiger charge is 2.22. The lowest BCUT2D eigenvalue weighted by atomic mass is 10.1. The van der Waals surface area contributed by atoms with Crippen molar-refractivity contribution < 1.29 is 26.5 Å². The summed E-state index contributed by atoms with van der Waals surface area (Å²) in [5.41, 5.74) is 5.19. The molecule has 0 aliphatic carbocycles. The Hall–Kier alpha value is -2.57. The highest BCUT2D eigenvalue weighted by atomic mass is 32.2. The maximum Gasteiger partial charge on any atom is 0.269 e. The summed E-state index contributed by atoms with van der Waals surface area (Å²) < 4.78 is 55.6. The summed E-state index contributed by atoms with van der Waals surface area (Å²) >= 11 is 0. The van der Waals surface area contributed by atoms with Crippen LogP contribution >= 0.6 is 0 Å². The predicted molar refractivity (Wildman–Crippen MR) is 105 cm³/mol. The molecule has 4 N–H and O–H groups in total. The van der Waals surface area contributed by atoms with Crippen molar-refractivity contribution in [1.82, 2.24) is 4.57 Å². The molecule has 28 heavy (non-hydrogen) atoms. The largest absolute Gasteiger partial charge is 0.493 e. The van der Waals surface area contributed by atoms with Gasteiger partial charge in [0.2, 0.25) is 5.88 Å². The van der Waals surface area contributed by atoms with Crippen LogP contribution in [0.25, 0.3) is 0 Å². The monoisotopic (exact) mass is 431 g/mol. The number of benzene rings is 1. The average Bonchev–Trinajstić information content (AvgIpc) is 2.58. The van der Waals surface area contributed by atoms with Gasteiger partial charge in [-0.25, -0.2) is 8.42 Å². The van der Waals surface area contributed by atoms with Crippen LogP contribution in [-0.4, -0.2) is 37.3 Å². The lowest BCUT2D eigenvalue weighted by Gasteiger charge is -2.19. The zero-order chi connectivity index (χ0) is 21.3. The van der Waals surface area contributed by atoms with Crippen LogP contribution in [-0.2, 0) is 32.3 Å². The summed E-state index contributed by atoms with van der Waals surface area (Å²) in [6.07, 6.45) is 1.08. The Kier molecular flexibility index (Phi) is 6.06. The van der Waals surface area contributed by atoms with Gasteiger partial charge in [0.15, 0.2) is 9.84 Å². The molecule has 0 saturated heterocycles. The molecule has 0 atom stereocenters. The second kappa shape index (κ2) is 7.81. The Morgan fingerprint density at radius 1 is 1.07 bits per heavy atom. The predicted octanol–water partition coefficient (Wildman–Crippen LogP) is 1.11. The quantitative estimate of drug-likeness (QED) is 0.373. The maximum absolute atomic E-state index is 12.4. The number of sulfone groups is 1. The Morgan fingerprint density at radius 3 is 2.11 bits per heavy atom. The van der Waals surface area contributed by atoms with Crippen LogP contribution in [0.5, 0.6) is 5.88 Å². The van der Waals surface area contributed by atoms with E-state index in [1.165, 1.54) is 31.2 Å². The molecule has 0 spiro atoms. The zero-order valence-electron chi connectivity index (χ0n) is 15.4. The third-order valence-corrected chi connectivity index (χ3v) is 5.85. The molecule has 1 aromatic heterocycles. The molecule has 1 aromatic carbocycles. The number of anilines is 2. The molecule has 10 nitrogen and oxygen atoms in total. The SMILES string of the molecule is CCn1c(O)c(NNc2ccc(S(C)(=O)=O)cc2)c(C)c(CS(=O)(=O)O)c1=O. The lowest BCUT2D eigenvalue weighted by Crippen LogP contribution is -2.28. The van der Waals surface area contributed by atoms with Crippen molar-refractivity contribution in [3.05, 3.63) is 45.7 Å². The van der Waals surface area contributed by atoms with E-state index >= 15 is 0 Å². The number of nitrogens with zero attached hydrogens (tertiary/aromatic N) is 1. The molecule has 0 amide bonds. The third-order valence-electron chi connectivity index (χ3n) is 4.07. The number of nitrogens with one attached hydrogen (secondary N) is 2. The van der Waals surface area contributed by atoms with E-state index in [0.717, 1.165) is 10.8 Å². The first-order valence-corrected chi connectivity index (χ1v) is 11.6. The van der Waals surface area contributed by atoms with Crippen molar-refractivity contribution in [1.29, 1.82) is 0 Å². The molecule has 0 aliphatic rings. The molecule has 0 bridgehead atoms. The summed E-state index contributed by atoms with van der Waals surface area (Å²) in [5.74, 6) is -1.31. The molecule has 0 unspecified atom stereocenters. The van der Waals surface area contributed by atoms with Gasteiger partial charge < -0.3 is 10.5 Å². The molecule has 2 aromatic rings. The van der Waals surface area contributed by atoms with Crippen molar-refractivity contribution in [2.75, 3.05) is 17.1 Å². The van der Waals surface area contributed by atoms with Crippen molar-refractivity contribution in [3.63, 3.8) is 0 Å². The first kappa shape index (κ1) is 21.7. The summed E-state index contributed by atoms with van der Waals surface area (Å²) in [6.45, 7) is 3.09. The van der Waals surface area contributed by atoms with Gasteiger partial charge in [-0.1, -0.05) is 0 Å². The molecule has 0 radical (unpaired) electrons. The Labute approximate surface area is 162 Å². The topological polar surface area (TPSA) is 155 Å². The third kappa shape index (κ3) is 4.82. The van der Waals surface area contributed by atoms with Gasteiger partial charge in [-0.3, -0.25) is 19.3 Å². The molecule has 1 heterocycles. The molecule has 0 fully saturated rings. The molecule has 2 rings (SSSR count). The van der Waals surface area contributed by atoms with E-state index in [4.69, 9.17) is 4.55 Å². The van der Waals surface area contributed by atoms with Crippen molar-refractivity contribution in [2.24, 2.45) is 0 Å². The summed E-state index contributed by atoms with van der Waals surface area (Å²) in [6, 6.07) is 5.76.